The minimum atomic E-state index is -0.0123. The first-order chi connectivity index (χ1) is 10.6. The van der Waals surface area contributed by atoms with Crippen LogP contribution in [0.5, 0.6) is 0 Å². The molecular formula is C17H30ClN3O2. The van der Waals surface area contributed by atoms with Gasteiger partial charge in [-0.1, -0.05) is 6.92 Å². The lowest BCUT2D eigenvalue weighted by Gasteiger charge is -2.36. The van der Waals surface area contributed by atoms with Crippen molar-refractivity contribution in [3.63, 3.8) is 0 Å². The molecule has 2 saturated heterocycles. The molecule has 2 heterocycles. The fraction of sp³-hybridized carbons (Fsp3) is 0.882. The van der Waals surface area contributed by atoms with Crippen LogP contribution in [0.3, 0.4) is 0 Å². The SMILES string of the molecule is CC1(CNC(=O)C2CCCN(C(=O)C3CC3)C2)CCNCC1.Cl. The molecule has 0 aromatic heterocycles. The molecule has 1 aliphatic carbocycles. The second-order valence-electron chi connectivity index (χ2n) is 7.68. The van der Waals surface area contributed by atoms with Crippen LogP contribution >= 0.6 is 12.4 Å². The van der Waals surface area contributed by atoms with Crippen LogP contribution in [0.1, 0.15) is 45.4 Å². The van der Waals surface area contributed by atoms with Crippen molar-refractivity contribution in [2.45, 2.75) is 45.4 Å². The van der Waals surface area contributed by atoms with Crippen LogP contribution in [-0.2, 0) is 9.59 Å². The number of nitrogens with one attached hydrogen (secondary N) is 2. The molecule has 1 atom stereocenters. The molecule has 23 heavy (non-hydrogen) atoms. The number of carbonyl (C=O) groups excluding carboxylic acids is 2. The molecule has 3 rings (SSSR count). The Bertz CT molecular complexity index is 434. The van der Waals surface area contributed by atoms with Crippen LogP contribution in [0.15, 0.2) is 0 Å². The van der Waals surface area contributed by atoms with E-state index >= 15 is 0 Å². The number of hydrogen-bond donors (Lipinski definition) is 2. The maximum absolute atomic E-state index is 12.5. The van der Waals surface area contributed by atoms with Gasteiger partial charge in [-0.25, -0.2) is 0 Å². The van der Waals surface area contributed by atoms with E-state index in [-0.39, 0.29) is 41.5 Å². The molecule has 0 aromatic carbocycles. The maximum Gasteiger partial charge on any atom is 0.225 e. The highest BCUT2D eigenvalue weighted by Gasteiger charge is 2.37. The van der Waals surface area contributed by atoms with Crippen molar-refractivity contribution >= 4 is 24.2 Å². The fourth-order valence-electron chi connectivity index (χ4n) is 3.63. The van der Waals surface area contributed by atoms with Gasteiger partial charge >= 0.3 is 0 Å². The predicted molar refractivity (Wildman–Crippen MR) is 92.5 cm³/mol. The van der Waals surface area contributed by atoms with Crippen molar-refractivity contribution in [2.24, 2.45) is 17.3 Å². The molecule has 0 spiro atoms. The van der Waals surface area contributed by atoms with Gasteiger partial charge in [0.05, 0.1) is 5.92 Å². The van der Waals surface area contributed by atoms with Crippen molar-refractivity contribution < 1.29 is 9.59 Å². The van der Waals surface area contributed by atoms with E-state index in [2.05, 4.69) is 17.6 Å². The highest BCUT2D eigenvalue weighted by Crippen LogP contribution is 2.32. The number of amides is 2. The van der Waals surface area contributed by atoms with Crippen molar-refractivity contribution in [3.8, 4) is 0 Å². The lowest BCUT2D eigenvalue weighted by molar-refractivity contribution is -0.137. The average molecular weight is 344 g/mol. The molecule has 2 N–H and O–H groups in total. The molecule has 1 unspecified atom stereocenters. The van der Waals surface area contributed by atoms with Crippen molar-refractivity contribution in [2.75, 3.05) is 32.7 Å². The van der Waals surface area contributed by atoms with Gasteiger partial charge in [-0.3, -0.25) is 9.59 Å². The lowest BCUT2D eigenvalue weighted by atomic mass is 9.81. The minimum absolute atomic E-state index is 0. The molecule has 0 bridgehead atoms. The fourth-order valence-corrected chi connectivity index (χ4v) is 3.63. The summed E-state index contributed by atoms with van der Waals surface area (Å²) in [5.74, 6) is 0.674. The largest absolute Gasteiger partial charge is 0.355 e. The number of halogens is 1. The Hall–Kier alpha value is -0.810. The van der Waals surface area contributed by atoms with Crippen LogP contribution < -0.4 is 10.6 Å². The van der Waals surface area contributed by atoms with Gasteiger partial charge in [-0.15, -0.1) is 12.4 Å². The number of hydrogen-bond acceptors (Lipinski definition) is 3. The molecule has 5 nitrogen and oxygen atoms in total. The minimum Gasteiger partial charge on any atom is -0.355 e. The van der Waals surface area contributed by atoms with E-state index in [9.17, 15) is 9.59 Å². The molecule has 0 aromatic rings. The van der Waals surface area contributed by atoms with Crippen LogP contribution in [0.2, 0.25) is 0 Å². The summed E-state index contributed by atoms with van der Waals surface area (Å²) in [4.78, 5) is 26.6. The summed E-state index contributed by atoms with van der Waals surface area (Å²) >= 11 is 0. The van der Waals surface area contributed by atoms with E-state index in [4.69, 9.17) is 0 Å². The molecule has 1 saturated carbocycles. The summed E-state index contributed by atoms with van der Waals surface area (Å²) in [6.45, 7) is 6.57. The second-order valence-corrected chi connectivity index (χ2v) is 7.68. The monoisotopic (exact) mass is 343 g/mol. The maximum atomic E-state index is 12.5. The van der Waals surface area contributed by atoms with E-state index in [0.717, 1.165) is 64.7 Å². The third kappa shape index (κ3) is 4.83. The summed E-state index contributed by atoms with van der Waals surface area (Å²) < 4.78 is 0. The normalized spacial score (nSPS) is 27.0. The van der Waals surface area contributed by atoms with Crippen LogP contribution in [0.25, 0.3) is 0 Å². The van der Waals surface area contributed by atoms with Crippen LogP contribution in [0, 0.1) is 17.3 Å². The number of carbonyl (C=O) groups is 2. The summed E-state index contributed by atoms with van der Waals surface area (Å²) in [6.07, 6.45) is 6.18. The summed E-state index contributed by atoms with van der Waals surface area (Å²) in [6, 6.07) is 0. The van der Waals surface area contributed by atoms with Gasteiger partial charge in [0.2, 0.25) is 11.8 Å². The Labute approximate surface area is 145 Å². The third-order valence-corrected chi connectivity index (χ3v) is 5.53. The summed E-state index contributed by atoms with van der Waals surface area (Å²) in [7, 11) is 0. The van der Waals surface area contributed by atoms with Crippen molar-refractivity contribution in [1.82, 2.24) is 15.5 Å². The molecule has 0 radical (unpaired) electrons. The molecule has 6 heteroatoms. The topological polar surface area (TPSA) is 61.4 Å². The second kappa shape index (κ2) is 7.84. The molecule has 2 amide bonds. The van der Waals surface area contributed by atoms with Gasteiger partial charge in [-0.2, -0.15) is 0 Å². The Kier molecular flexibility index (Phi) is 6.32. The van der Waals surface area contributed by atoms with E-state index in [1.165, 1.54) is 0 Å². The summed E-state index contributed by atoms with van der Waals surface area (Å²) in [5.41, 5.74) is 0.221. The number of rotatable bonds is 4. The van der Waals surface area contributed by atoms with Gasteiger partial charge in [0.25, 0.3) is 0 Å². The van der Waals surface area contributed by atoms with Gasteiger partial charge in [0, 0.05) is 25.6 Å². The highest BCUT2D eigenvalue weighted by molar-refractivity contribution is 5.85. The zero-order valence-corrected chi connectivity index (χ0v) is 14.9. The first kappa shape index (κ1) is 18.5. The predicted octanol–water partition coefficient (Wildman–Crippen LogP) is 1.56. The third-order valence-electron chi connectivity index (χ3n) is 5.53. The van der Waals surface area contributed by atoms with Gasteiger partial charge in [0.15, 0.2) is 0 Å². The van der Waals surface area contributed by atoms with Gasteiger partial charge in [-0.05, 0) is 57.0 Å². The number of nitrogens with zero attached hydrogens (tertiary/aromatic N) is 1. The molecule has 3 fully saturated rings. The Morgan fingerprint density at radius 2 is 1.87 bits per heavy atom. The zero-order valence-electron chi connectivity index (χ0n) is 14.1. The number of piperidine rings is 2. The zero-order chi connectivity index (χ0) is 15.6. The highest BCUT2D eigenvalue weighted by atomic mass is 35.5. The van der Waals surface area contributed by atoms with E-state index in [0.29, 0.717) is 6.54 Å². The quantitative estimate of drug-likeness (QED) is 0.814. The van der Waals surface area contributed by atoms with Gasteiger partial charge < -0.3 is 15.5 Å². The Morgan fingerprint density at radius 1 is 1.17 bits per heavy atom. The molecule has 3 aliphatic rings. The molecule has 2 aliphatic heterocycles. The standard InChI is InChI=1S/C17H29N3O2.ClH/c1-17(6-8-18-9-7-17)12-19-15(21)14-3-2-10-20(11-14)16(22)13-4-5-13;/h13-14,18H,2-12H2,1H3,(H,19,21);1H. The smallest absolute Gasteiger partial charge is 0.225 e. The Morgan fingerprint density at radius 3 is 2.52 bits per heavy atom. The number of likely N-dealkylation sites (tertiary alicyclic amines) is 1. The van der Waals surface area contributed by atoms with Crippen molar-refractivity contribution in [1.29, 1.82) is 0 Å². The first-order valence-electron chi connectivity index (χ1n) is 8.85. The van der Waals surface area contributed by atoms with E-state index in [1.807, 2.05) is 4.90 Å². The van der Waals surface area contributed by atoms with Gasteiger partial charge in [0.1, 0.15) is 0 Å². The van der Waals surface area contributed by atoms with E-state index in [1.54, 1.807) is 0 Å². The average Bonchev–Trinajstić information content (AvgIpc) is 3.38. The summed E-state index contributed by atoms with van der Waals surface area (Å²) in [5, 5.41) is 6.53. The molecule has 132 valence electrons. The first-order valence-corrected chi connectivity index (χ1v) is 8.85. The Balaban J connectivity index is 0.00000192. The van der Waals surface area contributed by atoms with Crippen molar-refractivity contribution in [3.05, 3.63) is 0 Å². The van der Waals surface area contributed by atoms with E-state index < -0.39 is 0 Å². The van der Waals surface area contributed by atoms with Crippen LogP contribution in [-0.4, -0.2) is 49.4 Å². The molecular weight excluding hydrogens is 314 g/mol. The van der Waals surface area contributed by atoms with Crippen LogP contribution in [0.4, 0.5) is 0 Å². The lowest BCUT2D eigenvalue weighted by Crippen LogP contribution is -2.48.